The van der Waals surface area contributed by atoms with Crippen LogP contribution in [0.3, 0.4) is 0 Å². The molecule has 2 aromatic rings. The first-order valence-electron chi connectivity index (χ1n) is 6.05. The Labute approximate surface area is 119 Å². The van der Waals surface area contributed by atoms with E-state index in [9.17, 15) is 9.59 Å². The van der Waals surface area contributed by atoms with Crippen LogP contribution in [0.1, 0.15) is 6.42 Å². The van der Waals surface area contributed by atoms with Gasteiger partial charge in [0.05, 0.1) is 11.9 Å². The molecule has 20 heavy (non-hydrogen) atoms. The number of likely N-dealkylation sites (tertiary alicyclic amines) is 1. The van der Waals surface area contributed by atoms with Crippen molar-refractivity contribution < 1.29 is 9.59 Å². The number of carbonyl (C=O) groups excluding carboxylic acids is 2. The highest BCUT2D eigenvalue weighted by Gasteiger charge is 2.36. The minimum Gasteiger partial charge on any atom is -0.357 e. The number of anilines is 1. The number of hydrogen-bond donors (Lipinski definition) is 1. The molecule has 6 nitrogen and oxygen atoms in total. The highest BCUT2D eigenvalue weighted by Crippen LogP contribution is 2.24. The third-order valence-corrected chi connectivity index (χ3v) is 3.44. The first-order valence-corrected chi connectivity index (χ1v) is 6.43. The van der Waals surface area contributed by atoms with Crippen molar-refractivity contribution in [2.24, 2.45) is 0 Å². The van der Waals surface area contributed by atoms with Crippen LogP contribution in [-0.4, -0.2) is 39.8 Å². The van der Waals surface area contributed by atoms with Crippen molar-refractivity contribution in [2.45, 2.75) is 12.5 Å². The van der Waals surface area contributed by atoms with Crippen LogP contribution in [0.15, 0.2) is 24.3 Å². The summed E-state index contributed by atoms with van der Waals surface area (Å²) in [6, 6.07) is 6.72. The van der Waals surface area contributed by atoms with Crippen molar-refractivity contribution in [2.75, 3.05) is 12.4 Å². The van der Waals surface area contributed by atoms with E-state index in [1.807, 2.05) is 24.3 Å². The number of likely N-dealkylation sites (N-methyl/N-ethyl adjacent to an activating group) is 1. The van der Waals surface area contributed by atoms with Gasteiger partial charge in [0.2, 0.25) is 11.2 Å². The maximum absolute atomic E-state index is 11.9. The molecule has 7 heteroatoms. The molecule has 1 fully saturated rings. The average molecular weight is 291 g/mol. The summed E-state index contributed by atoms with van der Waals surface area (Å²) in [7, 11) is 1.47. The maximum Gasteiger partial charge on any atom is 0.251 e. The van der Waals surface area contributed by atoms with Gasteiger partial charge < -0.3 is 5.32 Å². The van der Waals surface area contributed by atoms with Gasteiger partial charge in [-0.05, 0) is 23.7 Å². The van der Waals surface area contributed by atoms with Crippen LogP contribution >= 0.6 is 11.6 Å². The van der Waals surface area contributed by atoms with E-state index in [4.69, 9.17) is 11.6 Å². The summed E-state index contributed by atoms with van der Waals surface area (Å²) in [6.07, 6.45) is 0.116. The molecule has 3 rings (SSSR count). The SMILES string of the molecule is CN1C(=O)CC(Nc2nc(Cl)nc3ccccc23)C1=O. The normalized spacial score (nSPS) is 18.9. The highest BCUT2D eigenvalue weighted by atomic mass is 35.5. The summed E-state index contributed by atoms with van der Waals surface area (Å²) in [5, 5.41) is 3.84. The quantitative estimate of drug-likeness (QED) is 0.669. The fourth-order valence-corrected chi connectivity index (χ4v) is 2.37. The minimum absolute atomic E-state index is 0.0938. The third kappa shape index (κ3) is 2.08. The van der Waals surface area contributed by atoms with E-state index in [1.54, 1.807) is 0 Å². The summed E-state index contributed by atoms with van der Waals surface area (Å²) in [5.41, 5.74) is 0.681. The molecular weight excluding hydrogens is 280 g/mol. The molecule has 1 N–H and O–H groups in total. The molecule has 1 aromatic heterocycles. The number of aromatic nitrogens is 2. The van der Waals surface area contributed by atoms with Gasteiger partial charge in [-0.25, -0.2) is 9.97 Å². The molecule has 0 spiro atoms. The van der Waals surface area contributed by atoms with Crippen molar-refractivity contribution in [1.82, 2.24) is 14.9 Å². The van der Waals surface area contributed by atoms with Crippen LogP contribution in [-0.2, 0) is 9.59 Å². The maximum atomic E-state index is 11.9. The Bertz CT molecular complexity index is 719. The largest absolute Gasteiger partial charge is 0.357 e. The molecule has 0 radical (unpaired) electrons. The fourth-order valence-electron chi connectivity index (χ4n) is 2.19. The number of rotatable bonds is 2. The van der Waals surface area contributed by atoms with Crippen molar-refractivity contribution in [3.63, 3.8) is 0 Å². The number of para-hydroxylation sites is 1. The zero-order valence-corrected chi connectivity index (χ0v) is 11.4. The van der Waals surface area contributed by atoms with Gasteiger partial charge in [-0.2, -0.15) is 0 Å². The molecule has 1 aromatic carbocycles. The lowest BCUT2D eigenvalue weighted by atomic mass is 10.2. The third-order valence-electron chi connectivity index (χ3n) is 3.27. The van der Waals surface area contributed by atoms with E-state index in [-0.39, 0.29) is 23.5 Å². The van der Waals surface area contributed by atoms with Crippen LogP contribution < -0.4 is 5.32 Å². The zero-order valence-electron chi connectivity index (χ0n) is 10.6. The van der Waals surface area contributed by atoms with E-state index in [0.717, 1.165) is 10.3 Å². The summed E-state index contributed by atoms with van der Waals surface area (Å²) >= 11 is 5.88. The minimum atomic E-state index is -0.609. The van der Waals surface area contributed by atoms with E-state index >= 15 is 0 Å². The summed E-state index contributed by atoms with van der Waals surface area (Å²) in [5.74, 6) is -0.0205. The molecule has 1 unspecified atom stereocenters. The smallest absolute Gasteiger partial charge is 0.251 e. The van der Waals surface area contributed by atoms with E-state index in [0.29, 0.717) is 11.3 Å². The number of benzene rings is 1. The van der Waals surface area contributed by atoms with Crippen molar-refractivity contribution >= 4 is 40.1 Å². The number of nitrogens with zero attached hydrogens (tertiary/aromatic N) is 3. The van der Waals surface area contributed by atoms with Crippen molar-refractivity contribution in [3.8, 4) is 0 Å². The molecule has 0 saturated carbocycles. The number of halogens is 1. The summed E-state index contributed by atoms with van der Waals surface area (Å²) in [4.78, 5) is 32.8. The summed E-state index contributed by atoms with van der Waals surface area (Å²) < 4.78 is 0. The Morgan fingerprint density at radius 1 is 1.30 bits per heavy atom. The molecule has 2 heterocycles. The highest BCUT2D eigenvalue weighted by molar-refractivity contribution is 6.28. The van der Waals surface area contributed by atoms with Crippen LogP contribution in [0.5, 0.6) is 0 Å². The molecule has 0 aliphatic carbocycles. The number of fused-ring (bicyclic) bond motifs is 1. The predicted molar refractivity (Wildman–Crippen MR) is 74.4 cm³/mol. The van der Waals surface area contributed by atoms with Gasteiger partial charge in [0.15, 0.2) is 0 Å². The first-order chi connectivity index (χ1) is 9.56. The van der Waals surface area contributed by atoms with Crippen LogP contribution in [0, 0.1) is 0 Å². The lowest BCUT2D eigenvalue weighted by Gasteiger charge is -2.13. The zero-order chi connectivity index (χ0) is 14.3. The molecule has 1 saturated heterocycles. The standard InChI is InChI=1S/C13H11ClN4O2/c1-18-10(19)6-9(12(18)20)15-11-7-4-2-3-5-8(7)16-13(14)17-11/h2-5,9H,6H2,1H3,(H,15,16,17). The first kappa shape index (κ1) is 12.8. The predicted octanol–water partition coefficient (Wildman–Crippen LogP) is 1.45. The Balaban J connectivity index is 1.99. The lowest BCUT2D eigenvalue weighted by molar-refractivity contribution is -0.136. The second kappa shape index (κ2) is 4.72. The Hall–Kier alpha value is -2.21. The fraction of sp³-hybridized carbons (Fsp3) is 0.231. The molecule has 1 aliphatic heterocycles. The topological polar surface area (TPSA) is 75.2 Å². The van der Waals surface area contributed by atoms with Gasteiger partial charge >= 0.3 is 0 Å². The molecule has 1 atom stereocenters. The van der Waals surface area contributed by atoms with Crippen LogP contribution in [0.25, 0.3) is 10.9 Å². The number of nitrogens with one attached hydrogen (secondary N) is 1. The molecular formula is C13H11ClN4O2. The monoisotopic (exact) mass is 290 g/mol. The van der Waals surface area contributed by atoms with Gasteiger partial charge in [0.25, 0.3) is 5.91 Å². The van der Waals surface area contributed by atoms with Crippen molar-refractivity contribution in [3.05, 3.63) is 29.5 Å². The van der Waals surface area contributed by atoms with E-state index < -0.39 is 6.04 Å². The Morgan fingerprint density at radius 3 is 2.75 bits per heavy atom. The number of hydrogen-bond acceptors (Lipinski definition) is 5. The van der Waals surface area contributed by atoms with Gasteiger partial charge in [-0.15, -0.1) is 0 Å². The second-order valence-electron chi connectivity index (χ2n) is 4.55. The molecule has 0 bridgehead atoms. The van der Waals surface area contributed by atoms with Crippen molar-refractivity contribution in [1.29, 1.82) is 0 Å². The molecule has 1 aliphatic rings. The van der Waals surface area contributed by atoms with Gasteiger partial charge in [-0.3, -0.25) is 14.5 Å². The summed E-state index contributed by atoms with van der Waals surface area (Å²) in [6.45, 7) is 0. The molecule has 2 amide bonds. The molecule has 102 valence electrons. The Kier molecular flexibility index (Phi) is 3.02. The van der Waals surface area contributed by atoms with E-state index in [1.165, 1.54) is 7.05 Å². The number of imide groups is 1. The second-order valence-corrected chi connectivity index (χ2v) is 4.89. The van der Waals surface area contributed by atoms with Gasteiger partial charge in [-0.1, -0.05) is 12.1 Å². The van der Waals surface area contributed by atoms with Crippen LogP contribution in [0.4, 0.5) is 5.82 Å². The van der Waals surface area contributed by atoms with Crippen LogP contribution in [0.2, 0.25) is 5.28 Å². The van der Waals surface area contributed by atoms with E-state index in [2.05, 4.69) is 15.3 Å². The Morgan fingerprint density at radius 2 is 2.05 bits per heavy atom. The lowest BCUT2D eigenvalue weighted by Crippen LogP contribution is -2.32. The van der Waals surface area contributed by atoms with Gasteiger partial charge in [0, 0.05) is 12.4 Å². The number of carbonyl (C=O) groups is 2. The average Bonchev–Trinajstić information content (AvgIpc) is 2.66. The number of amides is 2. The van der Waals surface area contributed by atoms with Gasteiger partial charge in [0.1, 0.15) is 11.9 Å².